The predicted molar refractivity (Wildman–Crippen MR) is 75.1 cm³/mol. The lowest BCUT2D eigenvalue weighted by molar-refractivity contribution is -0.385. The molecule has 0 bridgehead atoms. The molecule has 0 amide bonds. The normalized spacial score (nSPS) is 11.0. The monoisotopic (exact) mass is 283 g/mol. The van der Waals surface area contributed by atoms with Crippen LogP contribution in [0.4, 0.5) is 11.5 Å². The SMILES string of the molecule is O=[N+]([O-])c1ccccc1C=NNc1ccc2nncn2n1. The van der Waals surface area contributed by atoms with E-state index in [0.717, 1.165) is 0 Å². The molecule has 3 aromatic rings. The number of para-hydroxylation sites is 1. The van der Waals surface area contributed by atoms with E-state index in [9.17, 15) is 10.1 Å². The minimum atomic E-state index is -0.456. The van der Waals surface area contributed by atoms with Gasteiger partial charge in [0.2, 0.25) is 0 Å². The molecule has 0 aliphatic rings. The standard InChI is InChI=1S/C12H9N7O2/c20-19(21)10-4-2-1-3-9(10)7-13-15-11-5-6-12-16-14-8-18(12)17-11/h1-8H,(H,15,17). The van der Waals surface area contributed by atoms with Gasteiger partial charge in [-0.05, 0) is 18.2 Å². The van der Waals surface area contributed by atoms with Crippen LogP contribution in [-0.4, -0.2) is 30.9 Å². The zero-order valence-corrected chi connectivity index (χ0v) is 10.6. The van der Waals surface area contributed by atoms with Gasteiger partial charge in [0, 0.05) is 6.07 Å². The van der Waals surface area contributed by atoms with Gasteiger partial charge in [-0.1, -0.05) is 12.1 Å². The number of aromatic nitrogens is 4. The number of fused-ring (bicyclic) bond motifs is 1. The molecule has 1 aromatic carbocycles. The molecule has 3 rings (SSSR count). The molecule has 9 nitrogen and oxygen atoms in total. The summed E-state index contributed by atoms with van der Waals surface area (Å²) in [6, 6.07) is 9.74. The summed E-state index contributed by atoms with van der Waals surface area (Å²) < 4.78 is 1.49. The Kier molecular flexibility index (Phi) is 3.21. The van der Waals surface area contributed by atoms with E-state index in [4.69, 9.17) is 0 Å². The third kappa shape index (κ3) is 2.66. The van der Waals surface area contributed by atoms with E-state index in [1.807, 2.05) is 0 Å². The van der Waals surface area contributed by atoms with Gasteiger partial charge in [-0.15, -0.1) is 15.3 Å². The minimum Gasteiger partial charge on any atom is -0.260 e. The molecule has 0 unspecified atom stereocenters. The van der Waals surface area contributed by atoms with Crippen LogP contribution in [0.5, 0.6) is 0 Å². The van der Waals surface area contributed by atoms with E-state index in [0.29, 0.717) is 17.0 Å². The van der Waals surface area contributed by atoms with Crippen LogP contribution < -0.4 is 5.43 Å². The van der Waals surface area contributed by atoms with Gasteiger partial charge in [-0.25, -0.2) is 0 Å². The van der Waals surface area contributed by atoms with Crippen LogP contribution in [0.15, 0.2) is 47.8 Å². The van der Waals surface area contributed by atoms with Crippen molar-refractivity contribution < 1.29 is 4.92 Å². The molecule has 2 aromatic heterocycles. The highest BCUT2D eigenvalue weighted by Gasteiger charge is 2.09. The maximum Gasteiger partial charge on any atom is 0.278 e. The predicted octanol–water partition coefficient (Wildman–Crippen LogP) is 1.48. The van der Waals surface area contributed by atoms with Crippen LogP contribution in [-0.2, 0) is 0 Å². The topological polar surface area (TPSA) is 111 Å². The number of hydrogen-bond donors (Lipinski definition) is 1. The fraction of sp³-hybridized carbons (Fsp3) is 0. The number of anilines is 1. The fourth-order valence-corrected chi connectivity index (χ4v) is 1.72. The van der Waals surface area contributed by atoms with E-state index >= 15 is 0 Å². The maximum atomic E-state index is 10.9. The van der Waals surface area contributed by atoms with Crippen molar-refractivity contribution >= 4 is 23.4 Å². The molecule has 21 heavy (non-hydrogen) atoms. The minimum absolute atomic E-state index is 0.00901. The first-order chi connectivity index (χ1) is 10.2. The van der Waals surface area contributed by atoms with Gasteiger partial charge in [0.25, 0.3) is 5.69 Å². The molecule has 0 spiro atoms. The summed E-state index contributed by atoms with van der Waals surface area (Å²) in [4.78, 5) is 10.4. The first-order valence-electron chi connectivity index (χ1n) is 5.93. The molecule has 0 saturated carbocycles. The van der Waals surface area contributed by atoms with Crippen LogP contribution in [0.2, 0.25) is 0 Å². The molecular weight excluding hydrogens is 274 g/mol. The highest BCUT2D eigenvalue weighted by atomic mass is 16.6. The molecule has 9 heteroatoms. The van der Waals surface area contributed by atoms with Crippen molar-refractivity contribution in [3.8, 4) is 0 Å². The molecule has 104 valence electrons. The van der Waals surface area contributed by atoms with Crippen LogP contribution in [0, 0.1) is 10.1 Å². The Balaban J connectivity index is 1.79. The number of nitro groups is 1. The zero-order chi connectivity index (χ0) is 14.7. The van der Waals surface area contributed by atoms with Crippen molar-refractivity contribution in [2.75, 3.05) is 5.43 Å². The summed E-state index contributed by atoms with van der Waals surface area (Å²) in [6.45, 7) is 0. The van der Waals surface area contributed by atoms with Crippen molar-refractivity contribution in [1.29, 1.82) is 0 Å². The van der Waals surface area contributed by atoms with E-state index in [1.165, 1.54) is 23.1 Å². The zero-order valence-electron chi connectivity index (χ0n) is 10.6. The lowest BCUT2D eigenvalue weighted by Gasteiger charge is -1.99. The fourth-order valence-electron chi connectivity index (χ4n) is 1.72. The molecular formula is C12H9N7O2. The van der Waals surface area contributed by atoms with Crippen molar-refractivity contribution in [2.24, 2.45) is 5.10 Å². The Morgan fingerprint density at radius 1 is 1.29 bits per heavy atom. The summed E-state index contributed by atoms with van der Waals surface area (Å²) in [6.07, 6.45) is 2.84. The molecule has 0 aliphatic carbocycles. The molecule has 0 atom stereocenters. The van der Waals surface area contributed by atoms with Gasteiger partial charge in [0.15, 0.2) is 11.5 Å². The maximum absolute atomic E-state index is 10.9. The summed E-state index contributed by atoms with van der Waals surface area (Å²) in [7, 11) is 0. The first-order valence-corrected chi connectivity index (χ1v) is 5.93. The Bertz CT molecular complexity index is 827. The molecule has 0 radical (unpaired) electrons. The summed E-state index contributed by atoms with van der Waals surface area (Å²) in [5.41, 5.74) is 3.71. The number of benzene rings is 1. The summed E-state index contributed by atoms with van der Waals surface area (Å²) in [5, 5.41) is 26.5. The van der Waals surface area contributed by atoms with Crippen molar-refractivity contribution in [2.45, 2.75) is 0 Å². The molecule has 0 fully saturated rings. The summed E-state index contributed by atoms with van der Waals surface area (Å²) >= 11 is 0. The molecule has 0 aliphatic heterocycles. The van der Waals surface area contributed by atoms with Crippen LogP contribution in [0.25, 0.3) is 5.65 Å². The van der Waals surface area contributed by atoms with Crippen molar-refractivity contribution in [1.82, 2.24) is 19.8 Å². The average molecular weight is 283 g/mol. The average Bonchev–Trinajstić information content (AvgIpc) is 2.95. The van der Waals surface area contributed by atoms with E-state index in [-0.39, 0.29) is 5.69 Å². The quantitative estimate of drug-likeness (QED) is 0.441. The Morgan fingerprint density at radius 2 is 2.14 bits per heavy atom. The van der Waals surface area contributed by atoms with Gasteiger partial charge in [-0.2, -0.15) is 9.62 Å². The van der Waals surface area contributed by atoms with Gasteiger partial charge in [0.05, 0.1) is 16.7 Å². The second-order valence-corrected chi connectivity index (χ2v) is 4.04. The highest BCUT2D eigenvalue weighted by Crippen LogP contribution is 2.15. The number of nitro benzene ring substituents is 1. The smallest absolute Gasteiger partial charge is 0.260 e. The number of hydrazone groups is 1. The third-order valence-corrected chi connectivity index (χ3v) is 2.68. The first kappa shape index (κ1) is 12.7. The lowest BCUT2D eigenvalue weighted by atomic mass is 10.2. The Hall–Kier alpha value is -3.36. The summed E-state index contributed by atoms with van der Waals surface area (Å²) in [5.74, 6) is 0.470. The van der Waals surface area contributed by atoms with Crippen LogP contribution >= 0.6 is 0 Å². The second-order valence-electron chi connectivity index (χ2n) is 4.04. The number of hydrogen-bond acceptors (Lipinski definition) is 7. The van der Waals surface area contributed by atoms with E-state index in [1.54, 1.807) is 30.3 Å². The Labute approximate surface area is 118 Å². The number of nitrogens with zero attached hydrogens (tertiary/aromatic N) is 6. The molecule has 2 heterocycles. The Morgan fingerprint density at radius 3 is 3.00 bits per heavy atom. The van der Waals surface area contributed by atoms with Gasteiger partial charge < -0.3 is 0 Å². The van der Waals surface area contributed by atoms with Crippen molar-refractivity contribution in [3.63, 3.8) is 0 Å². The van der Waals surface area contributed by atoms with E-state index in [2.05, 4.69) is 25.8 Å². The third-order valence-electron chi connectivity index (χ3n) is 2.68. The molecule has 0 saturated heterocycles. The van der Waals surface area contributed by atoms with Crippen molar-refractivity contribution in [3.05, 3.63) is 58.4 Å². The molecule has 1 N–H and O–H groups in total. The lowest BCUT2D eigenvalue weighted by Crippen LogP contribution is -1.99. The van der Waals surface area contributed by atoms with Crippen LogP contribution in [0.1, 0.15) is 5.56 Å². The highest BCUT2D eigenvalue weighted by molar-refractivity contribution is 5.85. The van der Waals surface area contributed by atoms with E-state index < -0.39 is 4.92 Å². The van der Waals surface area contributed by atoms with Gasteiger partial charge in [-0.3, -0.25) is 15.5 Å². The van der Waals surface area contributed by atoms with Crippen LogP contribution in [0.3, 0.4) is 0 Å². The van der Waals surface area contributed by atoms with Gasteiger partial charge >= 0.3 is 0 Å². The largest absolute Gasteiger partial charge is 0.278 e. The number of rotatable bonds is 4. The van der Waals surface area contributed by atoms with Gasteiger partial charge in [0.1, 0.15) is 6.33 Å². The number of nitrogens with one attached hydrogen (secondary N) is 1. The second kappa shape index (κ2) is 5.33.